The molecule has 0 radical (unpaired) electrons. The van der Waals surface area contributed by atoms with Crippen LogP contribution >= 0.6 is 0 Å². The van der Waals surface area contributed by atoms with Gasteiger partial charge in [0, 0.05) is 30.8 Å². The van der Waals surface area contributed by atoms with Crippen molar-refractivity contribution in [3.05, 3.63) is 48.5 Å². The van der Waals surface area contributed by atoms with Crippen molar-refractivity contribution in [2.24, 2.45) is 5.92 Å². The van der Waals surface area contributed by atoms with E-state index in [2.05, 4.69) is 10.6 Å². The topological polar surface area (TPSA) is 114 Å². The largest absolute Gasteiger partial charge is 0.486 e. The zero-order chi connectivity index (χ0) is 23.4. The number of anilines is 1. The Kier molecular flexibility index (Phi) is 6.85. The predicted molar refractivity (Wildman–Crippen MR) is 122 cm³/mol. The molecule has 176 valence electrons. The molecule has 1 unspecified atom stereocenters. The Morgan fingerprint density at radius 1 is 1.00 bits per heavy atom. The van der Waals surface area contributed by atoms with Crippen molar-refractivity contribution in [2.75, 3.05) is 31.6 Å². The Morgan fingerprint density at radius 2 is 1.67 bits per heavy atom. The van der Waals surface area contributed by atoms with Crippen LogP contribution in [0.5, 0.6) is 11.5 Å². The van der Waals surface area contributed by atoms with Crippen molar-refractivity contribution < 1.29 is 27.5 Å². The second-order valence-electron chi connectivity index (χ2n) is 8.07. The maximum Gasteiger partial charge on any atom is 0.246 e. The van der Waals surface area contributed by atoms with Crippen LogP contribution in [-0.4, -0.2) is 56.9 Å². The first-order chi connectivity index (χ1) is 15.8. The van der Waals surface area contributed by atoms with Gasteiger partial charge < -0.3 is 20.1 Å². The minimum Gasteiger partial charge on any atom is -0.486 e. The number of hydrogen-bond acceptors (Lipinski definition) is 6. The molecule has 0 spiro atoms. The Morgan fingerprint density at radius 3 is 2.36 bits per heavy atom. The van der Waals surface area contributed by atoms with Gasteiger partial charge in [-0.25, -0.2) is 8.42 Å². The van der Waals surface area contributed by atoms with Crippen LogP contribution in [0.15, 0.2) is 53.4 Å². The zero-order valence-electron chi connectivity index (χ0n) is 18.3. The lowest BCUT2D eigenvalue weighted by Crippen LogP contribution is -2.47. The van der Waals surface area contributed by atoms with Gasteiger partial charge in [-0.2, -0.15) is 4.31 Å². The first-order valence-corrected chi connectivity index (χ1v) is 12.3. The minimum absolute atomic E-state index is 0.248. The van der Waals surface area contributed by atoms with Gasteiger partial charge in [0.1, 0.15) is 19.3 Å². The van der Waals surface area contributed by atoms with E-state index in [1.54, 1.807) is 55.5 Å². The molecule has 2 heterocycles. The number of amides is 2. The molecule has 2 N–H and O–H groups in total. The number of nitrogens with one attached hydrogen (secondary N) is 2. The number of ether oxygens (including phenoxy) is 2. The van der Waals surface area contributed by atoms with Crippen LogP contribution in [-0.2, 0) is 19.6 Å². The zero-order valence-corrected chi connectivity index (χ0v) is 19.1. The summed E-state index contributed by atoms with van der Waals surface area (Å²) in [6, 6.07) is 12.6. The molecular weight excluding hydrogens is 446 g/mol. The van der Waals surface area contributed by atoms with Crippen molar-refractivity contribution >= 4 is 27.5 Å². The van der Waals surface area contributed by atoms with Gasteiger partial charge in [-0.05, 0) is 44.0 Å². The highest BCUT2D eigenvalue weighted by atomic mass is 32.2. The summed E-state index contributed by atoms with van der Waals surface area (Å²) in [5, 5.41) is 5.51. The third-order valence-electron chi connectivity index (χ3n) is 5.77. The van der Waals surface area contributed by atoms with Crippen molar-refractivity contribution in [2.45, 2.75) is 30.7 Å². The van der Waals surface area contributed by atoms with Gasteiger partial charge in [0.2, 0.25) is 21.8 Å². The van der Waals surface area contributed by atoms with E-state index in [0.29, 0.717) is 43.2 Å². The molecule has 2 aliphatic rings. The molecule has 2 aromatic carbocycles. The van der Waals surface area contributed by atoms with Crippen molar-refractivity contribution in [1.29, 1.82) is 0 Å². The van der Waals surface area contributed by atoms with Crippen LogP contribution in [0.4, 0.5) is 5.69 Å². The number of piperidine rings is 1. The van der Waals surface area contributed by atoms with E-state index in [9.17, 15) is 18.0 Å². The van der Waals surface area contributed by atoms with Crippen LogP contribution in [0.3, 0.4) is 0 Å². The average Bonchev–Trinajstić information content (AvgIpc) is 2.84. The molecule has 4 rings (SSSR count). The van der Waals surface area contributed by atoms with Gasteiger partial charge in [-0.3, -0.25) is 9.59 Å². The molecular formula is C23H27N3O6S. The summed E-state index contributed by atoms with van der Waals surface area (Å²) in [7, 11) is -3.57. The summed E-state index contributed by atoms with van der Waals surface area (Å²) in [6.07, 6.45) is 0.794. The first-order valence-electron chi connectivity index (χ1n) is 10.9. The molecule has 9 nitrogen and oxygen atoms in total. The Hall–Kier alpha value is -3.11. The van der Waals surface area contributed by atoms with E-state index in [1.807, 2.05) is 0 Å². The molecule has 2 aromatic rings. The number of carbonyl (C=O) groups is 2. The summed E-state index contributed by atoms with van der Waals surface area (Å²) in [6.45, 7) is 3.06. The van der Waals surface area contributed by atoms with E-state index in [0.717, 1.165) is 0 Å². The molecule has 33 heavy (non-hydrogen) atoms. The first kappa shape index (κ1) is 23.1. The van der Waals surface area contributed by atoms with Gasteiger partial charge in [-0.1, -0.05) is 18.2 Å². The highest BCUT2D eigenvalue weighted by Crippen LogP contribution is 2.32. The molecule has 1 atom stereocenters. The second kappa shape index (κ2) is 9.80. The number of sulfonamides is 1. The van der Waals surface area contributed by atoms with Gasteiger partial charge >= 0.3 is 0 Å². The quantitative estimate of drug-likeness (QED) is 0.663. The smallest absolute Gasteiger partial charge is 0.246 e. The molecule has 2 aliphatic heterocycles. The van der Waals surface area contributed by atoms with Crippen LogP contribution < -0.4 is 20.1 Å². The average molecular weight is 474 g/mol. The van der Waals surface area contributed by atoms with Crippen LogP contribution in [0.1, 0.15) is 19.8 Å². The maximum absolute atomic E-state index is 12.7. The lowest BCUT2D eigenvalue weighted by atomic mass is 9.97. The highest BCUT2D eigenvalue weighted by Gasteiger charge is 2.32. The van der Waals surface area contributed by atoms with Crippen molar-refractivity contribution in [1.82, 2.24) is 9.62 Å². The molecule has 1 fully saturated rings. The number of fused-ring (bicyclic) bond motifs is 1. The van der Waals surface area contributed by atoms with E-state index >= 15 is 0 Å². The SMILES string of the molecule is CC(NC(=O)C1CCN(S(=O)(=O)c2ccccc2)CC1)C(=O)Nc1ccc2c(c1)OCCO2. The Balaban J connectivity index is 1.28. The van der Waals surface area contributed by atoms with Gasteiger partial charge in [0.05, 0.1) is 4.90 Å². The van der Waals surface area contributed by atoms with E-state index in [4.69, 9.17) is 9.47 Å². The summed E-state index contributed by atoms with van der Waals surface area (Å²) >= 11 is 0. The standard InChI is InChI=1S/C23H27N3O6S/c1-16(22(27)25-18-7-8-20-21(15-18)32-14-13-31-20)24-23(28)17-9-11-26(12-10-17)33(29,30)19-5-3-2-4-6-19/h2-8,15-17H,9-14H2,1H3,(H,24,28)(H,25,27). The summed E-state index contributed by atoms with van der Waals surface area (Å²) in [4.78, 5) is 25.5. The Labute approximate surface area is 193 Å². The van der Waals surface area contributed by atoms with Crippen LogP contribution in [0, 0.1) is 5.92 Å². The van der Waals surface area contributed by atoms with Crippen LogP contribution in [0.25, 0.3) is 0 Å². The monoisotopic (exact) mass is 473 g/mol. The molecule has 0 saturated carbocycles. The molecule has 0 bridgehead atoms. The van der Waals surface area contributed by atoms with Gasteiger partial charge in [-0.15, -0.1) is 0 Å². The fourth-order valence-electron chi connectivity index (χ4n) is 3.87. The molecule has 1 saturated heterocycles. The number of rotatable bonds is 6. The van der Waals surface area contributed by atoms with Gasteiger partial charge in [0.25, 0.3) is 0 Å². The highest BCUT2D eigenvalue weighted by molar-refractivity contribution is 7.89. The number of hydrogen-bond donors (Lipinski definition) is 2. The minimum atomic E-state index is -3.57. The third-order valence-corrected chi connectivity index (χ3v) is 7.68. The van der Waals surface area contributed by atoms with E-state index < -0.39 is 16.1 Å². The maximum atomic E-state index is 12.7. The van der Waals surface area contributed by atoms with E-state index in [1.165, 1.54) is 4.31 Å². The molecule has 0 aliphatic carbocycles. The lowest BCUT2D eigenvalue weighted by Gasteiger charge is -2.31. The lowest BCUT2D eigenvalue weighted by molar-refractivity contribution is -0.129. The third kappa shape index (κ3) is 5.28. The molecule has 2 amide bonds. The fourth-order valence-corrected chi connectivity index (χ4v) is 5.36. The van der Waals surface area contributed by atoms with Gasteiger partial charge in [0.15, 0.2) is 11.5 Å². The number of carbonyl (C=O) groups excluding carboxylic acids is 2. The fraction of sp³-hybridized carbons (Fsp3) is 0.391. The normalized spacial score (nSPS) is 17.7. The molecule has 10 heteroatoms. The van der Waals surface area contributed by atoms with Crippen molar-refractivity contribution in [3.63, 3.8) is 0 Å². The molecule has 0 aromatic heterocycles. The number of nitrogens with zero attached hydrogens (tertiary/aromatic N) is 1. The van der Waals surface area contributed by atoms with Crippen molar-refractivity contribution in [3.8, 4) is 11.5 Å². The van der Waals surface area contributed by atoms with E-state index in [-0.39, 0.29) is 35.7 Å². The summed E-state index contributed by atoms with van der Waals surface area (Å²) in [5.74, 6) is 0.228. The summed E-state index contributed by atoms with van der Waals surface area (Å²) < 4.78 is 37.9. The predicted octanol–water partition coefficient (Wildman–Crippen LogP) is 2.00. The summed E-state index contributed by atoms with van der Waals surface area (Å²) in [5.41, 5.74) is 0.546. The number of benzene rings is 2. The second-order valence-corrected chi connectivity index (χ2v) is 10.0. The van der Waals surface area contributed by atoms with Crippen LogP contribution in [0.2, 0.25) is 0 Å². The Bertz CT molecular complexity index is 1110.